The Labute approximate surface area is 123 Å². The van der Waals surface area contributed by atoms with Crippen LogP contribution in [0.25, 0.3) is 10.9 Å². The first-order valence-electron chi connectivity index (χ1n) is 7.39. The maximum atomic E-state index is 12.0. The van der Waals surface area contributed by atoms with Crippen LogP contribution in [-0.2, 0) is 6.54 Å². The molecule has 0 bridgehead atoms. The second-order valence-corrected chi connectivity index (χ2v) is 5.44. The van der Waals surface area contributed by atoms with Gasteiger partial charge in [-0.1, -0.05) is 12.1 Å². The van der Waals surface area contributed by atoms with Crippen LogP contribution in [0.4, 0.5) is 0 Å². The molecule has 0 unspecified atom stereocenters. The number of para-hydroxylation sites is 1. The number of aromatic amines is 1. The number of piperazine rings is 1. The zero-order chi connectivity index (χ0) is 14.7. The Kier molecular flexibility index (Phi) is 4.28. The van der Waals surface area contributed by atoms with Crippen molar-refractivity contribution in [3.63, 3.8) is 0 Å². The average molecular weight is 287 g/mol. The maximum absolute atomic E-state index is 12.0. The second-order valence-electron chi connectivity index (χ2n) is 5.44. The standard InChI is InChI=1S/C15H21N5O/c16-5-6-19-7-9-20(10-8-19)11-14-17-13-4-2-1-3-12(13)15(21)18-14/h1-4H,5-11,16H2,(H,17,18,21). The van der Waals surface area contributed by atoms with Gasteiger partial charge in [0.2, 0.25) is 0 Å². The summed E-state index contributed by atoms with van der Waals surface area (Å²) in [6.45, 7) is 6.37. The third kappa shape index (κ3) is 3.29. The highest BCUT2D eigenvalue weighted by atomic mass is 16.1. The van der Waals surface area contributed by atoms with Crippen LogP contribution in [0.15, 0.2) is 29.1 Å². The highest BCUT2D eigenvalue weighted by Crippen LogP contribution is 2.08. The van der Waals surface area contributed by atoms with Gasteiger partial charge in [-0.25, -0.2) is 4.98 Å². The van der Waals surface area contributed by atoms with E-state index in [4.69, 9.17) is 5.73 Å². The molecule has 0 atom stereocenters. The molecule has 1 fully saturated rings. The molecular weight excluding hydrogens is 266 g/mol. The van der Waals surface area contributed by atoms with Crippen LogP contribution in [0.2, 0.25) is 0 Å². The van der Waals surface area contributed by atoms with E-state index in [1.807, 2.05) is 18.2 Å². The predicted molar refractivity (Wildman–Crippen MR) is 83.1 cm³/mol. The van der Waals surface area contributed by atoms with Crippen molar-refractivity contribution >= 4 is 10.9 Å². The molecule has 3 N–H and O–H groups in total. The minimum Gasteiger partial charge on any atom is -0.329 e. The van der Waals surface area contributed by atoms with Crippen molar-refractivity contribution < 1.29 is 0 Å². The lowest BCUT2D eigenvalue weighted by atomic mass is 10.2. The Bertz CT molecular complexity index is 660. The molecule has 21 heavy (non-hydrogen) atoms. The monoisotopic (exact) mass is 287 g/mol. The fourth-order valence-corrected chi connectivity index (χ4v) is 2.78. The van der Waals surface area contributed by atoms with E-state index in [0.717, 1.165) is 44.1 Å². The van der Waals surface area contributed by atoms with E-state index in [-0.39, 0.29) is 5.56 Å². The van der Waals surface area contributed by atoms with Crippen LogP contribution in [0.1, 0.15) is 5.82 Å². The summed E-state index contributed by atoms with van der Waals surface area (Å²) in [4.78, 5) is 24.2. The van der Waals surface area contributed by atoms with Crippen molar-refractivity contribution in [2.45, 2.75) is 6.54 Å². The molecule has 2 heterocycles. The van der Waals surface area contributed by atoms with Crippen molar-refractivity contribution in [2.24, 2.45) is 5.73 Å². The summed E-state index contributed by atoms with van der Waals surface area (Å²) in [6, 6.07) is 7.45. The fourth-order valence-electron chi connectivity index (χ4n) is 2.78. The predicted octanol–water partition coefficient (Wildman–Crippen LogP) is -0.000600. The molecule has 0 aliphatic carbocycles. The molecular formula is C15H21N5O. The summed E-state index contributed by atoms with van der Waals surface area (Å²) < 4.78 is 0. The summed E-state index contributed by atoms with van der Waals surface area (Å²) in [6.07, 6.45) is 0. The minimum atomic E-state index is -0.0580. The van der Waals surface area contributed by atoms with Crippen LogP contribution >= 0.6 is 0 Å². The van der Waals surface area contributed by atoms with Crippen molar-refractivity contribution in [1.29, 1.82) is 0 Å². The zero-order valence-electron chi connectivity index (χ0n) is 12.1. The highest BCUT2D eigenvalue weighted by molar-refractivity contribution is 5.77. The maximum Gasteiger partial charge on any atom is 0.258 e. The number of nitrogens with zero attached hydrogens (tertiary/aromatic N) is 3. The quantitative estimate of drug-likeness (QED) is 0.827. The molecule has 0 amide bonds. The second kappa shape index (κ2) is 6.34. The average Bonchev–Trinajstić information content (AvgIpc) is 2.50. The number of hydrogen-bond donors (Lipinski definition) is 2. The third-order valence-electron chi connectivity index (χ3n) is 3.95. The van der Waals surface area contributed by atoms with Gasteiger partial charge in [-0.15, -0.1) is 0 Å². The molecule has 0 spiro atoms. The van der Waals surface area contributed by atoms with Gasteiger partial charge in [-0.2, -0.15) is 0 Å². The molecule has 1 saturated heterocycles. The minimum absolute atomic E-state index is 0.0580. The summed E-state index contributed by atoms with van der Waals surface area (Å²) >= 11 is 0. The van der Waals surface area contributed by atoms with E-state index in [2.05, 4.69) is 19.8 Å². The van der Waals surface area contributed by atoms with Gasteiger partial charge in [-0.3, -0.25) is 14.6 Å². The lowest BCUT2D eigenvalue weighted by molar-refractivity contribution is 0.127. The lowest BCUT2D eigenvalue weighted by Gasteiger charge is -2.34. The summed E-state index contributed by atoms with van der Waals surface area (Å²) in [5, 5.41) is 0.647. The number of benzene rings is 1. The molecule has 1 aromatic carbocycles. The number of fused-ring (bicyclic) bond motifs is 1. The van der Waals surface area contributed by atoms with Gasteiger partial charge in [0.05, 0.1) is 17.4 Å². The van der Waals surface area contributed by atoms with Crippen LogP contribution in [0.3, 0.4) is 0 Å². The van der Waals surface area contributed by atoms with Gasteiger partial charge in [0.15, 0.2) is 0 Å². The molecule has 0 saturated carbocycles. The molecule has 2 aromatic rings. The zero-order valence-corrected chi connectivity index (χ0v) is 12.1. The first-order valence-corrected chi connectivity index (χ1v) is 7.39. The van der Waals surface area contributed by atoms with E-state index >= 15 is 0 Å². The topological polar surface area (TPSA) is 78.2 Å². The number of nitrogens with one attached hydrogen (secondary N) is 1. The largest absolute Gasteiger partial charge is 0.329 e. The van der Waals surface area contributed by atoms with Crippen molar-refractivity contribution in [3.05, 3.63) is 40.4 Å². The van der Waals surface area contributed by atoms with Gasteiger partial charge >= 0.3 is 0 Å². The van der Waals surface area contributed by atoms with Gasteiger partial charge in [0.25, 0.3) is 5.56 Å². The van der Waals surface area contributed by atoms with E-state index in [0.29, 0.717) is 18.5 Å². The summed E-state index contributed by atoms with van der Waals surface area (Å²) in [5.74, 6) is 0.742. The fraction of sp³-hybridized carbons (Fsp3) is 0.467. The highest BCUT2D eigenvalue weighted by Gasteiger charge is 2.17. The molecule has 0 radical (unpaired) electrons. The van der Waals surface area contributed by atoms with Crippen LogP contribution in [0, 0.1) is 0 Å². The molecule has 1 aromatic heterocycles. The Balaban J connectivity index is 1.70. The van der Waals surface area contributed by atoms with Crippen molar-refractivity contribution in [2.75, 3.05) is 39.3 Å². The number of hydrogen-bond acceptors (Lipinski definition) is 5. The Hall–Kier alpha value is -1.76. The molecule has 1 aliphatic heterocycles. The summed E-state index contributed by atoms with van der Waals surface area (Å²) in [5.41, 5.74) is 6.29. The van der Waals surface area contributed by atoms with Gasteiger partial charge < -0.3 is 10.7 Å². The molecule has 3 rings (SSSR count). The first kappa shape index (κ1) is 14.2. The normalized spacial score (nSPS) is 17.4. The van der Waals surface area contributed by atoms with Crippen LogP contribution in [0.5, 0.6) is 0 Å². The smallest absolute Gasteiger partial charge is 0.258 e. The van der Waals surface area contributed by atoms with Crippen molar-refractivity contribution in [1.82, 2.24) is 19.8 Å². The number of rotatable bonds is 4. The van der Waals surface area contributed by atoms with E-state index in [1.54, 1.807) is 6.07 Å². The first-order chi connectivity index (χ1) is 10.3. The SMILES string of the molecule is NCCN1CCN(Cc2nc3ccccc3c(=O)[nH]2)CC1. The number of H-pyrrole nitrogens is 1. The van der Waals surface area contributed by atoms with Gasteiger partial charge in [0, 0.05) is 39.3 Å². The number of aromatic nitrogens is 2. The molecule has 6 nitrogen and oxygen atoms in total. The Morgan fingerprint density at radius 2 is 1.86 bits per heavy atom. The van der Waals surface area contributed by atoms with E-state index in [9.17, 15) is 4.79 Å². The van der Waals surface area contributed by atoms with Crippen molar-refractivity contribution in [3.8, 4) is 0 Å². The Morgan fingerprint density at radius 3 is 2.62 bits per heavy atom. The number of nitrogens with two attached hydrogens (primary N) is 1. The van der Waals surface area contributed by atoms with Gasteiger partial charge in [-0.05, 0) is 12.1 Å². The molecule has 1 aliphatic rings. The lowest BCUT2D eigenvalue weighted by Crippen LogP contribution is -2.47. The Morgan fingerprint density at radius 1 is 1.14 bits per heavy atom. The summed E-state index contributed by atoms with van der Waals surface area (Å²) in [7, 11) is 0. The molecule has 6 heteroatoms. The molecule has 112 valence electrons. The van der Waals surface area contributed by atoms with Crippen LogP contribution < -0.4 is 11.3 Å². The van der Waals surface area contributed by atoms with E-state index < -0.39 is 0 Å². The van der Waals surface area contributed by atoms with Gasteiger partial charge in [0.1, 0.15) is 5.82 Å². The third-order valence-corrected chi connectivity index (χ3v) is 3.95. The van der Waals surface area contributed by atoms with E-state index in [1.165, 1.54) is 0 Å². The van der Waals surface area contributed by atoms with Crippen LogP contribution in [-0.4, -0.2) is 59.0 Å².